The van der Waals surface area contributed by atoms with Crippen LogP contribution < -0.4 is 5.32 Å². The van der Waals surface area contributed by atoms with E-state index in [1.165, 1.54) is 18.4 Å². The molecular weight excluding hydrogens is 282 g/mol. The molecule has 0 amide bonds. The molecule has 3 rings (SSSR count). The van der Waals surface area contributed by atoms with Gasteiger partial charge in [0.15, 0.2) is 5.82 Å². The van der Waals surface area contributed by atoms with Gasteiger partial charge in [0.2, 0.25) is 0 Å². The Morgan fingerprint density at radius 1 is 1.29 bits per heavy atom. The van der Waals surface area contributed by atoms with Gasteiger partial charge >= 0.3 is 0 Å². The van der Waals surface area contributed by atoms with Crippen LogP contribution in [0, 0.1) is 13.8 Å². The molecule has 2 fully saturated rings. The maximum Gasteiger partial charge on any atom is 0.158 e. The predicted octanol–water partition coefficient (Wildman–Crippen LogP) is 2.75. The summed E-state index contributed by atoms with van der Waals surface area (Å²) < 4.78 is 5.80. The number of nitrogens with one attached hydrogen (secondary N) is 1. The second kappa shape index (κ2) is 6.63. The molecule has 5 heteroatoms. The van der Waals surface area contributed by atoms with Crippen molar-refractivity contribution in [3.63, 3.8) is 0 Å². The fraction of sp³-hybridized carbons (Fsp3) is 0.750. The van der Waals surface area contributed by atoms with Gasteiger partial charge in [-0.25, -0.2) is 9.97 Å². The number of hydrogen-bond acceptors (Lipinski definition) is 5. The van der Waals surface area contributed by atoms with Gasteiger partial charge in [0.25, 0.3) is 0 Å². The molecule has 1 saturated carbocycles. The summed E-state index contributed by atoms with van der Waals surface area (Å²) in [5.74, 6) is 3.37. The van der Waals surface area contributed by atoms with Crippen molar-refractivity contribution < 1.29 is 4.74 Å². The van der Waals surface area contributed by atoms with Crippen LogP contribution in [-0.4, -0.2) is 40.7 Å². The van der Waals surface area contributed by atoms with E-state index < -0.39 is 0 Å². The second-order valence-corrected chi connectivity index (χ2v) is 7.33. The van der Waals surface area contributed by atoms with Crippen LogP contribution in [0.25, 0.3) is 0 Å². The lowest BCUT2D eigenvalue weighted by Crippen LogP contribution is -2.24. The Morgan fingerprint density at radius 2 is 2.00 bits per heavy atom. The van der Waals surface area contributed by atoms with Crippen molar-refractivity contribution in [3.05, 3.63) is 22.8 Å². The van der Waals surface area contributed by atoms with Crippen molar-refractivity contribution in [2.75, 3.05) is 24.7 Å². The molecular formula is C16H25N3OS. The molecule has 1 aliphatic heterocycles. The van der Waals surface area contributed by atoms with E-state index in [9.17, 15) is 0 Å². The molecule has 1 aromatic rings. The lowest BCUT2D eigenvalue weighted by atomic mass is 9.97. The van der Waals surface area contributed by atoms with E-state index in [0.29, 0.717) is 5.92 Å². The highest BCUT2D eigenvalue weighted by atomic mass is 32.2. The smallest absolute Gasteiger partial charge is 0.158 e. The third kappa shape index (κ3) is 3.76. The maximum absolute atomic E-state index is 5.80. The lowest BCUT2D eigenvalue weighted by Gasteiger charge is -2.23. The topological polar surface area (TPSA) is 47.0 Å². The SMILES string of the molecule is Cc1nc(C2CSCCO2)nc(C)c1C(C)CNC1CC1. The van der Waals surface area contributed by atoms with Gasteiger partial charge in [-0.3, -0.25) is 0 Å². The van der Waals surface area contributed by atoms with Crippen molar-refractivity contribution in [1.29, 1.82) is 0 Å². The first-order valence-electron chi connectivity index (χ1n) is 7.93. The van der Waals surface area contributed by atoms with Crippen LogP contribution >= 0.6 is 11.8 Å². The van der Waals surface area contributed by atoms with E-state index in [-0.39, 0.29) is 6.10 Å². The number of aromatic nitrogens is 2. The molecule has 0 radical (unpaired) electrons. The molecule has 1 saturated heterocycles. The summed E-state index contributed by atoms with van der Waals surface area (Å²) in [5, 5.41) is 3.60. The summed E-state index contributed by atoms with van der Waals surface area (Å²) in [6, 6.07) is 0.751. The van der Waals surface area contributed by atoms with E-state index in [0.717, 1.165) is 47.9 Å². The predicted molar refractivity (Wildman–Crippen MR) is 87.0 cm³/mol. The van der Waals surface area contributed by atoms with Crippen molar-refractivity contribution in [2.24, 2.45) is 0 Å². The highest BCUT2D eigenvalue weighted by molar-refractivity contribution is 7.99. The summed E-state index contributed by atoms with van der Waals surface area (Å²) in [6.07, 6.45) is 2.73. The van der Waals surface area contributed by atoms with Crippen LogP contribution in [-0.2, 0) is 4.74 Å². The number of thioether (sulfide) groups is 1. The number of ether oxygens (including phenoxy) is 1. The van der Waals surface area contributed by atoms with Gasteiger partial charge in [-0.05, 0) is 38.2 Å². The quantitative estimate of drug-likeness (QED) is 0.906. The second-order valence-electron chi connectivity index (χ2n) is 6.18. The molecule has 0 bridgehead atoms. The number of rotatable bonds is 5. The largest absolute Gasteiger partial charge is 0.368 e. The molecule has 21 heavy (non-hydrogen) atoms. The molecule has 0 spiro atoms. The van der Waals surface area contributed by atoms with Crippen molar-refractivity contribution in [2.45, 2.75) is 51.7 Å². The van der Waals surface area contributed by atoms with Crippen LogP contribution in [0.2, 0.25) is 0 Å². The molecule has 2 heterocycles. The molecule has 0 aromatic carbocycles. The Labute approximate surface area is 131 Å². The molecule has 2 atom stereocenters. The zero-order chi connectivity index (χ0) is 14.8. The normalized spacial score (nSPS) is 24.0. The van der Waals surface area contributed by atoms with Gasteiger partial charge in [0, 0.05) is 35.5 Å². The average Bonchev–Trinajstić information content (AvgIpc) is 3.29. The molecule has 116 valence electrons. The molecule has 1 aromatic heterocycles. The van der Waals surface area contributed by atoms with Crippen LogP contribution in [0.15, 0.2) is 0 Å². The Morgan fingerprint density at radius 3 is 2.57 bits per heavy atom. The Hall–Kier alpha value is -0.650. The number of hydrogen-bond donors (Lipinski definition) is 1. The Balaban J connectivity index is 1.74. The average molecular weight is 307 g/mol. The lowest BCUT2D eigenvalue weighted by molar-refractivity contribution is 0.0691. The van der Waals surface area contributed by atoms with Crippen LogP contribution in [0.5, 0.6) is 0 Å². The van der Waals surface area contributed by atoms with Gasteiger partial charge in [-0.2, -0.15) is 11.8 Å². The van der Waals surface area contributed by atoms with Crippen molar-refractivity contribution >= 4 is 11.8 Å². The first kappa shape index (κ1) is 15.3. The van der Waals surface area contributed by atoms with Gasteiger partial charge in [-0.15, -0.1) is 0 Å². The number of nitrogens with zero attached hydrogens (tertiary/aromatic N) is 2. The van der Waals surface area contributed by atoms with Crippen molar-refractivity contribution in [3.8, 4) is 0 Å². The summed E-state index contributed by atoms with van der Waals surface area (Å²) in [7, 11) is 0. The Bertz CT molecular complexity index is 475. The fourth-order valence-corrected chi connectivity index (χ4v) is 3.82. The van der Waals surface area contributed by atoms with Gasteiger partial charge in [0.1, 0.15) is 6.10 Å². The van der Waals surface area contributed by atoms with Gasteiger partial charge < -0.3 is 10.1 Å². The highest BCUT2D eigenvalue weighted by Gasteiger charge is 2.24. The first-order valence-corrected chi connectivity index (χ1v) is 9.08. The van der Waals surface area contributed by atoms with Crippen LogP contribution in [0.4, 0.5) is 0 Å². The third-order valence-corrected chi connectivity index (χ3v) is 5.22. The minimum atomic E-state index is 0.0649. The van der Waals surface area contributed by atoms with Gasteiger partial charge in [-0.1, -0.05) is 6.92 Å². The van der Waals surface area contributed by atoms with E-state index in [1.54, 1.807) is 0 Å². The standard InChI is InChI=1S/C16H25N3OS/c1-10(8-17-13-4-5-13)15-11(2)18-16(19-12(15)3)14-9-21-7-6-20-14/h10,13-14,17H,4-9H2,1-3H3. The molecule has 1 aliphatic carbocycles. The summed E-state index contributed by atoms with van der Waals surface area (Å²) in [6.45, 7) is 8.31. The zero-order valence-electron chi connectivity index (χ0n) is 13.2. The van der Waals surface area contributed by atoms with Gasteiger partial charge in [0.05, 0.1) is 6.61 Å². The van der Waals surface area contributed by atoms with Crippen molar-refractivity contribution in [1.82, 2.24) is 15.3 Å². The third-order valence-electron chi connectivity index (χ3n) is 4.23. The molecule has 2 aliphatic rings. The van der Waals surface area contributed by atoms with E-state index in [2.05, 4.69) is 26.1 Å². The summed E-state index contributed by atoms with van der Waals surface area (Å²) in [4.78, 5) is 9.49. The minimum Gasteiger partial charge on any atom is -0.368 e. The Kier molecular flexibility index (Phi) is 4.82. The summed E-state index contributed by atoms with van der Waals surface area (Å²) >= 11 is 1.92. The van der Waals surface area contributed by atoms with E-state index in [1.807, 2.05) is 11.8 Å². The molecule has 4 nitrogen and oxygen atoms in total. The van der Waals surface area contributed by atoms with E-state index in [4.69, 9.17) is 14.7 Å². The first-order chi connectivity index (χ1) is 10.1. The maximum atomic E-state index is 5.80. The summed E-state index contributed by atoms with van der Waals surface area (Å²) in [5.41, 5.74) is 3.53. The molecule has 1 N–H and O–H groups in total. The monoisotopic (exact) mass is 307 g/mol. The number of aryl methyl sites for hydroxylation is 2. The van der Waals surface area contributed by atoms with Crippen LogP contribution in [0.3, 0.4) is 0 Å². The minimum absolute atomic E-state index is 0.0649. The molecule has 2 unspecified atom stereocenters. The highest BCUT2D eigenvalue weighted by Crippen LogP contribution is 2.28. The fourth-order valence-electron chi connectivity index (χ4n) is 2.98. The zero-order valence-corrected chi connectivity index (χ0v) is 14.0. The van der Waals surface area contributed by atoms with E-state index >= 15 is 0 Å². The van der Waals surface area contributed by atoms with Crippen LogP contribution in [0.1, 0.15) is 54.6 Å².